The summed E-state index contributed by atoms with van der Waals surface area (Å²) in [6.07, 6.45) is 2.21. The van der Waals surface area contributed by atoms with Gasteiger partial charge in [-0.3, -0.25) is 9.69 Å². The highest BCUT2D eigenvalue weighted by Crippen LogP contribution is 2.28. The molecule has 0 spiro atoms. The molecule has 0 unspecified atom stereocenters. The number of aromatic nitrogens is 1. The van der Waals surface area contributed by atoms with Crippen LogP contribution in [0.15, 0.2) is 47.7 Å². The number of carbonyl (C=O) groups is 2. The monoisotopic (exact) mass is 412 g/mol. The molecule has 156 valence electrons. The molecule has 1 saturated heterocycles. The Hall–Kier alpha value is -3.69. The van der Waals surface area contributed by atoms with Crippen molar-refractivity contribution in [2.45, 2.75) is 13.0 Å². The van der Waals surface area contributed by atoms with Gasteiger partial charge >= 0.3 is 6.09 Å². The fourth-order valence-corrected chi connectivity index (χ4v) is 3.30. The Bertz CT molecular complexity index is 970. The van der Waals surface area contributed by atoms with Crippen LogP contribution in [0.25, 0.3) is 0 Å². The second-order valence-corrected chi connectivity index (χ2v) is 6.92. The van der Waals surface area contributed by atoms with Crippen molar-refractivity contribution < 1.29 is 18.7 Å². The molecule has 1 aromatic heterocycles. The summed E-state index contributed by atoms with van der Waals surface area (Å²) in [6.45, 7) is 2.93. The molecule has 30 heavy (non-hydrogen) atoms. The van der Waals surface area contributed by atoms with Gasteiger partial charge in [0.1, 0.15) is 24.1 Å². The van der Waals surface area contributed by atoms with E-state index in [-0.39, 0.29) is 19.0 Å². The van der Waals surface area contributed by atoms with Crippen LogP contribution in [0.5, 0.6) is 0 Å². The van der Waals surface area contributed by atoms with Crippen LogP contribution >= 0.6 is 0 Å². The van der Waals surface area contributed by atoms with E-state index < -0.39 is 18.0 Å². The Morgan fingerprint density at radius 1 is 1.30 bits per heavy atom. The standard InChI is InChI=1S/C20H21FN6O3/c1-14(28)23-11-16-12-26(20(29)30-16)15-5-6-18(17(21)10-15)25-8-9-27(24-13-25)19-4-2-3-7-22-19/h2-7,10,13,16H,8-9,11-12H2,1H3,(H,23,28)/t16-/m0/s1. The number of amides is 2. The maximum absolute atomic E-state index is 14.8. The Kier molecular flexibility index (Phi) is 5.46. The summed E-state index contributed by atoms with van der Waals surface area (Å²) in [5, 5.41) is 8.70. The van der Waals surface area contributed by atoms with Crippen molar-refractivity contribution in [3.8, 4) is 0 Å². The van der Waals surface area contributed by atoms with Gasteiger partial charge in [-0.05, 0) is 30.3 Å². The molecule has 1 N–H and O–H groups in total. The third-order valence-corrected chi connectivity index (χ3v) is 4.80. The largest absolute Gasteiger partial charge is 0.442 e. The number of hydrogen-bond acceptors (Lipinski definition) is 7. The number of ether oxygens (including phenoxy) is 1. The van der Waals surface area contributed by atoms with Crippen molar-refractivity contribution in [3.63, 3.8) is 0 Å². The van der Waals surface area contributed by atoms with Gasteiger partial charge < -0.3 is 15.0 Å². The molecule has 4 rings (SSSR count). The lowest BCUT2D eigenvalue weighted by atomic mass is 10.2. The second kappa shape index (κ2) is 8.36. The fourth-order valence-electron chi connectivity index (χ4n) is 3.30. The number of hydrazone groups is 1. The van der Waals surface area contributed by atoms with Gasteiger partial charge in [-0.15, -0.1) is 0 Å². The average Bonchev–Trinajstić information content (AvgIpc) is 3.13. The lowest BCUT2D eigenvalue weighted by Gasteiger charge is -2.29. The van der Waals surface area contributed by atoms with Gasteiger partial charge in [0.15, 0.2) is 0 Å². The Morgan fingerprint density at radius 3 is 2.83 bits per heavy atom. The molecule has 3 heterocycles. The van der Waals surface area contributed by atoms with Crippen LogP contribution in [0.3, 0.4) is 0 Å². The molecule has 1 atom stereocenters. The molecule has 1 fully saturated rings. The zero-order chi connectivity index (χ0) is 21.1. The van der Waals surface area contributed by atoms with Crippen LogP contribution in [0, 0.1) is 5.82 Å². The smallest absolute Gasteiger partial charge is 0.414 e. The van der Waals surface area contributed by atoms with Crippen LogP contribution in [0.1, 0.15) is 6.92 Å². The fraction of sp³-hybridized carbons (Fsp3) is 0.300. The Balaban J connectivity index is 1.44. The maximum Gasteiger partial charge on any atom is 0.414 e. The molecule has 0 bridgehead atoms. The van der Waals surface area contributed by atoms with Gasteiger partial charge in [-0.2, -0.15) is 5.10 Å². The Labute approximate surface area is 172 Å². The number of nitrogens with zero attached hydrogens (tertiary/aromatic N) is 5. The molecule has 0 saturated carbocycles. The van der Waals surface area contributed by atoms with Gasteiger partial charge in [0.2, 0.25) is 5.91 Å². The molecule has 1 aromatic carbocycles. The van der Waals surface area contributed by atoms with E-state index in [1.54, 1.807) is 34.6 Å². The highest BCUT2D eigenvalue weighted by molar-refractivity contribution is 5.90. The van der Waals surface area contributed by atoms with Crippen molar-refractivity contribution in [2.24, 2.45) is 5.10 Å². The lowest BCUT2D eigenvalue weighted by molar-refractivity contribution is -0.119. The van der Waals surface area contributed by atoms with Crippen LogP contribution in [-0.2, 0) is 9.53 Å². The van der Waals surface area contributed by atoms with Gasteiger partial charge in [0.05, 0.1) is 31.0 Å². The number of carbonyl (C=O) groups excluding carboxylic acids is 2. The first-order valence-corrected chi connectivity index (χ1v) is 9.53. The number of cyclic esters (lactones) is 1. The zero-order valence-corrected chi connectivity index (χ0v) is 16.4. The number of halogens is 1. The molecule has 9 nitrogen and oxygen atoms in total. The van der Waals surface area contributed by atoms with Gasteiger partial charge in [-0.1, -0.05) is 6.07 Å². The van der Waals surface area contributed by atoms with Crippen molar-refractivity contribution in [2.75, 3.05) is 41.0 Å². The predicted octanol–water partition coefficient (Wildman–Crippen LogP) is 1.95. The van der Waals surface area contributed by atoms with Crippen molar-refractivity contribution in [1.82, 2.24) is 10.3 Å². The van der Waals surface area contributed by atoms with Gasteiger partial charge in [0, 0.05) is 19.7 Å². The normalized spacial score (nSPS) is 18.5. The third kappa shape index (κ3) is 4.17. The SMILES string of the molecule is CC(=O)NC[C@H]1CN(c2ccc(N3C=NN(c4ccccn4)CC3)c(F)c2)C(=O)O1. The van der Waals surface area contributed by atoms with E-state index in [4.69, 9.17) is 4.74 Å². The second-order valence-electron chi connectivity index (χ2n) is 6.92. The van der Waals surface area contributed by atoms with E-state index in [1.807, 2.05) is 18.2 Å². The summed E-state index contributed by atoms with van der Waals surface area (Å²) in [5.74, 6) is 0.0543. The first-order valence-electron chi connectivity index (χ1n) is 9.53. The summed E-state index contributed by atoms with van der Waals surface area (Å²) in [6, 6.07) is 10.2. The maximum atomic E-state index is 14.8. The minimum Gasteiger partial charge on any atom is -0.442 e. The lowest BCUT2D eigenvalue weighted by Crippen LogP contribution is -2.38. The number of hydrogen-bond donors (Lipinski definition) is 1. The molecule has 0 radical (unpaired) electrons. The number of benzene rings is 1. The van der Waals surface area contributed by atoms with E-state index in [9.17, 15) is 14.0 Å². The van der Waals surface area contributed by atoms with Crippen molar-refractivity contribution >= 4 is 35.5 Å². The van der Waals surface area contributed by atoms with Crippen LogP contribution < -0.4 is 20.1 Å². The van der Waals surface area contributed by atoms with E-state index in [0.717, 1.165) is 5.82 Å². The number of nitrogens with one attached hydrogen (secondary N) is 1. The molecular formula is C20H21FN6O3. The van der Waals surface area contributed by atoms with Crippen LogP contribution in [-0.4, -0.2) is 55.6 Å². The van der Waals surface area contributed by atoms with Crippen LogP contribution in [0.2, 0.25) is 0 Å². The third-order valence-electron chi connectivity index (χ3n) is 4.80. The van der Waals surface area contributed by atoms with E-state index in [2.05, 4.69) is 15.4 Å². The molecule has 10 heteroatoms. The summed E-state index contributed by atoms with van der Waals surface area (Å²) in [4.78, 5) is 30.5. The van der Waals surface area contributed by atoms with E-state index in [1.165, 1.54) is 17.9 Å². The molecule has 2 aliphatic heterocycles. The average molecular weight is 412 g/mol. The number of pyridine rings is 1. The molecule has 2 aromatic rings. The van der Waals surface area contributed by atoms with E-state index in [0.29, 0.717) is 24.5 Å². The number of anilines is 3. The molecule has 0 aliphatic carbocycles. The molecule has 2 aliphatic rings. The molecule has 2 amide bonds. The summed E-state index contributed by atoms with van der Waals surface area (Å²) < 4.78 is 20.0. The minimum absolute atomic E-state index is 0.204. The number of rotatable bonds is 5. The van der Waals surface area contributed by atoms with Gasteiger partial charge in [-0.25, -0.2) is 19.2 Å². The van der Waals surface area contributed by atoms with Crippen LogP contribution in [0.4, 0.5) is 26.4 Å². The zero-order valence-electron chi connectivity index (χ0n) is 16.4. The highest BCUT2D eigenvalue weighted by atomic mass is 19.1. The minimum atomic E-state index is -0.567. The highest BCUT2D eigenvalue weighted by Gasteiger charge is 2.33. The first-order chi connectivity index (χ1) is 14.5. The predicted molar refractivity (Wildman–Crippen MR) is 110 cm³/mol. The first kappa shape index (κ1) is 19.6. The summed E-state index contributed by atoms with van der Waals surface area (Å²) >= 11 is 0. The molecular weight excluding hydrogens is 391 g/mol. The van der Waals surface area contributed by atoms with Crippen molar-refractivity contribution in [1.29, 1.82) is 0 Å². The Morgan fingerprint density at radius 2 is 2.17 bits per heavy atom. The van der Waals surface area contributed by atoms with Crippen molar-refractivity contribution in [3.05, 3.63) is 48.4 Å². The summed E-state index contributed by atoms with van der Waals surface area (Å²) in [7, 11) is 0. The van der Waals surface area contributed by atoms with E-state index >= 15 is 0 Å². The van der Waals surface area contributed by atoms with Gasteiger partial charge in [0.25, 0.3) is 0 Å². The quantitative estimate of drug-likeness (QED) is 0.807. The topological polar surface area (TPSA) is 90.4 Å². The summed E-state index contributed by atoms with van der Waals surface area (Å²) in [5.41, 5.74) is 0.765.